The molecule has 3 amide bonds. The van der Waals surface area contributed by atoms with Crippen LogP contribution in [0.25, 0.3) is 16.6 Å². The first-order valence-electron chi connectivity index (χ1n) is 13.6. The highest BCUT2D eigenvalue weighted by Crippen LogP contribution is 2.41. The van der Waals surface area contributed by atoms with E-state index in [1.165, 1.54) is 6.07 Å². The second-order valence-electron chi connectivity index (χ2n) is 11.5. The van der Waals surface area contributed by atoms with Crippen LogP contribution in [0.3, 0.4) is 0 Å². The summed E-state index contributed by atoms with van der Waals surface area (Å²) in [6, 6.07) is 12.6. The molecule has 5 rings (SSSR count). The van der Waals surface area contributed by atoms with Crippen LogP contribution in [0.15, 0.2) is 66.3 Å². The highest BCUT2D eigenvalue weighted by Gasteiger charge is 2.40. The van der Waals surface area contributed by atoms with Crippen LogP contribution in [-0.4, -0.2) is 61.9 Å². The van der Waals surface area contributed by atoms with Gasteiger partial charge in [0.25, 0.3) is 0 Å². The van der Waals surface area contributed by atoms with Crippen molar-refractivity contribution in [2.45, 2.75) is 45.5 Å². The number of piperidine rings is 1. The molecule has 0 spiro atoms. The predicted molar refractivity (Wildman–Crippen MR) is 149 cm³/mol. The third-order valence-electron chi connectivity index (χ3n) is 7.86. The van der Waals surface area contributed by atoms with Gasteiger partial charge in [-0.1, -0.05) is 47.2 Å². The van der Waals surface area contributed by atoms with Crippen molar-refractivity contribution in [1.29, 1.82) is 0 Å². The molecular formula is C30H33F3N6O2. The van der Waals surface area contributed by atoms with Gasteiger partial charge in [-0.25, -0.2) is 9.48 Å². The van der Waals surface area contributed by atoms with Gasteiger partial charge in [0, 0.05) is 31.1 Å². The molecule has 2 unspecified atom stereocenters. The molecule has 2 N–H and O–H groups in total. The molecule has 2 aliphatic rings. The number of allylic oxidation sites excluding steroid dienone is 2. The van der Waals surface area contributed by atoms with E-state index >= 15 is 0 Å². The number of aromatic nitrogens is 3. The molecule has 0 bridgehead atoms. The van der Waals surface area contributed by atoms with Gasteiger partial charge in [-0.05, 0) is 62.6 Å². The lowest BCUT2D eigenvalue weighted by molar-refractivity contribution is -0.137. The zero-order valence-corrected chi connectivity index (χ0v) is 23.2. The fourth-order valence-corrected chi connectivity index (χ4v) is 5.76. The van der Waals surface area contributed by atoms with Gasteiger partial charge in [-0.2, -0.15) is 13.2 Å². The van der Waals surface area contributed by atoms with Crippen LogP contribution < -0.4 is 5.73 Å². The minimum absolute atomic E-state index is 0.181. The molecule has 1 fully saturated rings. The van der Waals surface area contributed by atoms with Crippen molar-refractivity contribution >= 4 is 28.5 Å². The van der Waals surface area contributed by atoms with Crippen molar-refractivity contribution < 1.29 is 22.8 Å². The number of alkyl halides is 3. The molecular weight excluding hydrogens is 533 g/mol. The van der Waals surface area contributed by atoms with Crippen molar-refractivity contribution in [1.82, 2.24) is 24.8 Å². The molecule has 1 aliphatic heterocycles. The van der Waals surface area contributed by atoms with Crippen LogP contribution in [-0.2, 0) is 17.5 Å². The lowest BCUT2D eigenvalue weighted by atomic mass is 9.73. The number of carbonyl (C=O) groups is 2. The second kappa shape index (κ2) is 10.7. The zero-order valence-electron chi connectivity index (χ0n) is 23.2. The summed E-state index contributed by atoms with van der Waals surface area (Å²) < 4.78 is 42.0. The molecule has 41 heavy (non-hydrogen) atoms. The van der Waals surface area contributed by atoms with Crippen molar-refractivity contribution in [3.05, 3.63) is 77.4 Å². The van der Waals surface area contributed by atoms with Crippen LogP contribution in [0.1, 0.15) is 38.3 Å². The Bertz CT molecular complexity index is 1530. The van der Waals surface area contributed by atoms with Gasteiger partial charge in [0.1, 0.15) is 5.52 Å². The number of benzene rings is 2. The minimum Gasteiger partial charge on any atom is -0.369 e. The average molecular weight is 567 g/mol. The predicted octanol–water partition coefficient (Wildman–Crippen LogP) is 5.12. The number of urea groups is 1. The van der Waals surface area contributed by atoms with E-state index in [-0.39, 0.29) is 12.6 Å². The topological polar surface area (TPSA) is 97.3 Å². The van der Waals surface area contributed by atoms with E-state index < -0.39 is 35.0 Å². The standard InChI is InChI=1S/C30H33F3N6O2/c1-29(2,3)38(15-16-39-26-10-5-4-9-25(26)35-36-39)28(41)37-14-13-22-21(11-12-23(27(34)40)24(22)18-37)19-7-6-8-20(17-19)30(31,32)33/h4-12,17,23-24H,13-16,18H2,1-3H3,(H2,34,40). The Morgan fingerprint density at radius 3 is 2.56 bits per heavy atom. The lowest BCUT2D eigenvalue weighted by Gasteiger charge is -2.44. The summed E-state index contributed by atoms with van der Waals surface area (Å²) in [5.74, 6) is -1.63. The normalized spacial score (nSPS) is 19.4. The highest BCUT2D eigenvalue weighted by atomic mass is 19.4. The molecule has 1 aromatic heterocycles. The monoisotopic (exact) mass is 566 g/mol. The number of primary amides is 1. The van der Waals surface area contributed by atoms with E-state index in [1.807, 2.05) is 45.0 Å². The number of nitrogens with zero attached hydrogens (tertiary/aromatic N) is 5. The molecule has 0 radical (unpaired) electrons. The molecule has 2 heterocycles. The van der Waals surface area contributed by atoms with Crippen LogP contribution in [0.4, 0.5) is 18.0 Å². The van der Waals surface area contributed by atoms with Crippen LogP contribution in [0, 0.1) is 11.8 Å². The first-order chi connectivity index (χ1) is 19.3. The van der Waals surface area contributed by atoms with E-state index in [9.17, 15) is 22.8 Å². The van der Waals surface area contributed by atoms with Gasteiger partial charge in [0.15, 0.2) is 0 Å². The fourth-order valence-electron chi connectivity index (χ4n) is 5.76. The Labute approximate surface area is 236 Å². The minimum atomic E-state index is -4.47. The third kappa shape index (κ3) is 5.71. The highest BCUT2D eigenvalue weighted by molar-refractivity contribution is 5.86. The van der Waals surface area contributed by atoms with Gasteiger partial charge >= 0.3 is 12.2 Å². The lowest BCUT2D eigenvalue weighted by Crippen LogP contribution is -2.56. The van der Waals surface area contributed by atoms with Gasteiger partial charge in [0.2, 0.25) is 5.91 Å². The number of carbonyl (C=O) groups excluding carboxylic acids is 2. The Morgan fingerprint density at radius 2 is 1.85 bits per heavy atom. The first kappa shape index (κ1) is 28.4. The number of para-hydroxylation sites is 1. The van der Waals surface area contributed by atoms with E-state index in [0.29, 0.717) is 37.2 Å². The quantitative estimate of drug-likeness (QED) is 0.464. The number of likely N-dealkylation sites (tertiary alicyclic amines) is 1. The van der Waals surface area contributed by atoms with E-state index in [2.05, 4.69) is 10.3 Å². The summed E-state index contributed by atoms with van der Waals surface area (Å²) in [5, 5.41) is 8.44. The molecule has 216 valence electrons. The number of hydrogen-bond donors (Lipinski definition) is 1. The smallest absolute Gasteiger partial charge is 0.369 e. The molecule has 8 nitrogen and oxygen atoms in total. The number of fused-ring (bicyclic) bond motifs is 2. The van der Waals surface area contributed by atoms with Gasteiger partial charge in [0.05, 0.1) is 23.5 Å². The second-order valence-corrected chi connectivity index (χ2v) is 11.5. The number of nitrogens with two attached hydrogens (primary N) is 1. The van der Waals surface area contributed by atoms with Crippen LogP contribution >= 0.6 is 0 Å². The van der Waals surface area contributed by atoms with E-state index in [0.717, 1.165) is 28.7 Å². The maximum Gasteiger partial charge on any atom is 0.416 e. The summed E-state index contributed by atoms with van der Waals surface area (Å²) in [4.78, 5) is 29.9. The largest absolute Gasteiger partial charge is 0.416 e. The summed E-state index contributed by atoms with van der Waals surface area (Å²) in [6.07, 6.45) is -0.711. The van der Waals surface area contributed by atoms with E-state index in [1.54, 1.807) is 32.7 Å². The maximum absolute atomic E-state index is 14.0. The maximum atomic E-state index is 14.0. The number of halogens is 3. The summed E-state index contributed by atoms with van der Waals surface area (Å²) >= 11 is 0. The summed E-state index contributed by atoms with van der Waals surface area (Å²) in [5.41, 5.74) is 8.07. The van der Waals surface area contributed by atoms with Crippen LogP contribution in [0.2, 0.25) is 0 Å². The Balaban J connectivity index is 1.40. The van der Waals surface area contributed by atoms with Crippen LogP contribution in [0.5, 0.6) is 0 Å². The number of rotatable bonds is 5. The van der Waals surface area contributed by atoms with Gasteiger partial charge in [-0.3, -0.25) is 4.79 Å². The SMILES string of the molecule is CC(C)(C)N(CCn1nnc2ccccc21)C(=O)N1CCC2=C(c3cccc(C(F)(F)F)c3)C=CC(C(N)=O)C2C1. The summed E-state index contributed by atoms with van der Waals surface area (Å²) in [6.45, 7) is 7.30. The van der Waals surface area contributed by atoms with Crippen molar-refractivity contribution in [2.75, 3.05) is 19.6 Å². The average Bonchev–Trinajstić information content (AvgIpc) is 3.34. The van der Waals surface area contributed by atoms with Crippen molar-refractivity contribution in [2.24, 2.45) is 17.6 Å². The zero-order chi connectivity index (χ0) is 29.5. The first-order valence-corrected chi connectivity index (χ1v) is 13.6. The molecule has 3 aromatic rings. The van der Waals surface area contributed by atoms with Gasteiger partial charge in [-0.15, -0.1) is 5.10 Å². The van der Waals surface area contributed by atoms with E-state index in [4.69, 9.17) is 5.73 Å². The third-order valence-corrected chi connectivity index (χ3v) is 7.86. The van der Waals surface area contributed by atoms with Gasteiger partial charge < -0.3 is 15.5 Å². The molecule has 2 aromatic carbocycles. The Morgan fingerprint density at radius 1 is 1.10 bits per heavy atom. The fraction of sp³-hybridized carbons (Fsp3) is 0.400. The molecule has 1 saturated heterocycles. The van der Waals surface area contributed by atoms with Crippen molar-refractivity contribution in [3.63, 3.8) is 0 Å². The molecule has 2 atom stereocenters. The number of hydrogen-bond acceptors (Lipinski definition) is 4. The molecule has 1 aliphatic carbocycles. The summed E-state index contributed by atoms with van der Waals surface area (Å²) in [7, 11) is 0. The Kier molecular flexibility index (Phi) is 7.39. The number of amides is 3. The van der Waals surface area contributed by atoms with Crippen molar-refractivity contribution in [3.8, 4) is 0 Å². The molecule has 0 saturated carbocycles. The molecule has 11 heteroatoms. The Hall–Kier alpha value is -4.15.